The van der Waals surface area contributed by atoms with Gasteiger partial charge in [-0.1, -0.05) is 0 Å². The van der Waals surface area contributed by atoms with Crippen molar-refractivity contribution in [1.29, 1.82) is 0 Å². The monoisotopic (exact) mass is 406 g/mol. The molecule has 7 nitrogen and oxygen atoms in total. The van der Waals surface area contributed by atoms with Crippen LogP contribution in [0.4, 0.5) is 14.5 Å². The van der Waals surface area contributed by atoms with Crippen LogP contribution in [0.1, 0.15) is 5.56 Å². The zero-order valence-corrected chi connectivity index (χ0v) is 15.3. The molecule has 0 aliphatic heterocycles. The van der Waals surface area contributed by atoms with Gasteiger partial charge in [0.15, 0.2) is 0 Å². The standard InChI is InChI=1S/C18H16F2N4O3S/c19-14-2-3-17(20)13(11-14)1-4-18(25)21-8-10-28(26,27)23-15-6-9-24-16(12-15)5-7-22-24/h1-7,9,11-12,23H,8,10H2,(H,21,25). The van der Waals surface area contributed by atoms with E-state index in [-0.39, 0.29) is 17.9 Å². The number of fused-ring (bicyclic) bond motifs is 1. The molecule has 0 atom stereocenters. The first kappa shape index (κ1) is 19.5. The Balaban J connectivity index is 1.52. The summed E-state index contributed by atoms with van der Waals surface area (Å²) in [5, 5.41) is 6.40. The second-order valence-corrected chi connectivity index (χ2v) is 7.67. The van der Waals surface area contributed by atoms with Crippen LogP contribution < -0.4 is 10.0 Å². The Bertz CT molecular complexity index is 1140. The van der Waals surface area contributed by atoms with Crippen molar-refractivity contribution in [2.24, 2.45) is 0 Å². The summed E-state index contributed by atoms with van der Waals surface area (Å²) < 4.78 is 54.8. The van der Waals surface area contributed by atoms with E-state index >= 15 is 0 Å². The van der Waals surface area contributed by atoms with Gasteiger partial charge < -0.3 is 5.32 Å². The maximum Gasteiger partial charge on any atom is 0.244 e. The van der Waals surface area contributed by atoms with Crippen LogP contribution in [-0.2, 0) is 14.8 Å². The van der Waals surface area contributed by atoms with E-state index in [1.54, 1.807) is 35.1 Å². The molecule has 0 unspecified atom stereocenters. The molecule has 0 aliphatic carbocycles. The van der Waals surface area contributed by atoms with Crippen molar-refractivity contribution in [2.45, 2.75) is 0 Å². The number of carbonyl (C=O) groups is 1. The number of rotatable bonds is 7. The van der Waals surface area contributed by atoms with Crippen molar-refractivity contribution >= 4 is 33.2 Å². The van der Waals surface area contributed by atoms with Crippen molar-refractivity contribution in [3.63, 3.8) is 0 Å². The van der Waals surface area contributed by atoms with Gasteiger partial charge in [0.25, 0.3) is 0 Å². The Kier molecular flexibility index (Phi) is 5.69. The molecule has 1 aromatic carbocycles. The van der Waals surface area contributed by atoms with E-state index in [2.05, 4.69) is 15.1 Å². The normalized spacial score (nSPS) is 11.8. The summed E-state index contributed by atoms with van der Waals surface area (Å²) in [6, 6.07) is 7.78. The number of amides is 1. The summed E-state index contributed by atoms with van der Waals surface area (Å²) in [6.45, 7) is -0.154. The number of benzene rings is 1. The van der Waals surface area contributed by atoms with Gasteiger partial charge in [-0.25, -0.2) is 21.7 Å². The Morgan fingerprint density at radius 2 is 2.00 bits per heavy atom. The fraction of sp³-hybridized carbons (Fsp3) is 0.111. The molecule has 0 saturated carbocycles. The zero-order chi connectivity index (χ0) is 20.1. The SMILES string of the molecule is O=C(C=Cc1cc(F)ccc1F)NCCS(=O)(=O)Nc1ccn2nccc2c1. The predicted octanol–water partition coefficient (Wildman–Crippen LogP) is 2.18. The molecule has 28 heavy (non-hydrogen) atoms. The molecule has 146 valence electrons. The Labute approximate surface area is 159 Å². The van der Waals surface area contributed by atoms with Crippen LogP contribution in [0, 0.1) is 11.6 Å². The Morgan fingerprint density at radius 1 is 1.18 bits per heavy atom. The minimum absolute atomic E-state index is 0.0836. The van der Waals surface area contributed by atoms with Gasteiger partial charge in [0.05, 0.1) is 17.0 Å². The molecule has 1 amide bonds. The van der Waals surface area contributed by atoms with Gasteiger partial charge in [0, 0.05) is 30.6 Å². The van der Waals surface area contributed by atoms with Crippen LogP contribution in [0.25, 0.3) is 11.6 Å². The molecule has 2 N–H and O–H groups in total. The number of hydrogen-bond acceptors (Lipinski definition) is 4. The average molecular weight is 406 g/mol. The molecule has 0 bridgehead atoms. The third-order valence-electron chi connectivity index (χ3n) is 3.72. The molecule has 2 heterocycles. The van der Waals surface area contributed by atoms with Crippen molar-refractivity contribution in [2.75, 3.05) is 17.0 Å². The van der Waals surface area contributed by atoms with E-state index in [1.165, 1.54) is 0 Å². The number of carbonyl (C=O) groups excluding carboxylic acids is 1. The summed E-state index contributed by atoms with van der Waals surface area (Å²) in [5.74, 6) is -2.29. The number of sulfonamides is 1. The molecule has 0 fully saturated rings. The van der Waals surface area contributed by atoms with Crippen LogP contribution in [0.2, 0.25) is 0 Å². The lowest BCUT2D eigenvalue weighted by Gasteiger charge is -2.08. The highest BCUT2D eigenvalue weighted by atomic mass is 32.2. The quantitative estimate of drug-likeness (QED) is 0.589. The van der Waals surface area contributed by atoms with Crippen LogP contribution in [-0.4, -0.2) is 36.2 Å². The van der Waals surface area contributed by atoms with Gasteiger partial charge in [-0.15, -0.1) is 0 Å². The topological polar surface area (TPSA) is 92.6 Å². The molecule has 10 heteroatoms. The lowest BCUT2D eigenvalue weighted by molar-refractivity contribution is -0.116. The van der Waals surface area contributed by atoms with Crippen molar-refractivity contribution < 1.29 is 22.0 Å². The molecular weight excluding hydrogens is 390 g/mol. The number of pyridine rings is 1. The van der Waals surface area contributed by atoms with E-state index in [9.17, 15) is 22.0 Å². The van der Waals surface area contributed by atoms with E-state index < -0.39 is 27.6 Å². The predicted molar refractivity (Wildman–Crippen MR) is 101 cm³/mol. The number of hydrogen-bond donors (Lipinski definition) is 2. The molecule has 0 saturated heterocycles. The van der Waals surface area contributed by atoms with Gasteiger partial charge in [0.2, 0.25) is 15.9 Å². The van der Waals surface area contributed by atoms with Crippen LogP contribution >= 0.6 is 0 Å². The molecular formula is C18H16F2N4O3S. The van der Waals surface area contributed by atoms with Crippen LogP contribution in [0.15, 0.2) is 54.9 Å². The Hall–Kier alpha value is -3.27. The molecule has 3 rings (SSSR count). The van der Waals surface area contributed by atoms with E-state index in [0.29, 0.717) is 5.69 Å². The second-order valence-electron chi connectivity index (χ2n) is 5.83. The highest BCUT2D eigenvalue weighted by Crippen LogP contribution is 2.13. The molecule has 0 aliphatic rings. The van der Waals surface area contributed by atoms with Crippen molar-refractivity contribution in [3.05, 3.63) is 72.1 Å². The van der Waals surface area contributed by atoms with Crippen molar-refractivity contribution in [3.8, 4) is 0 Å². The van der Waals surface area contributed by atoms with Gasteiger partial charge in [-0.3, -0.25) is 9.52 Å². The summed E-state index contributed by atoms with van der Waals surface area (Å²) in [6.07, 6.45) is 5.32. The minimum Gasteiger partial charge on any atom is -0.351 e. The van der Waals surface area contributed by atoms with Crippen molar-refractivity contribution in [1.82, 2.24) is 14.9 Å². The fourth-order valence-electron chi connectivity index (χ4n) is 2.39. The van der Waals surface area contributed by atoms with E-state index in [1.807, 2.05) is 0 Å². The number of anilines is 1. The first-order chi connectivity index (χ1) is 13.3. The lowest BCUT2D eigenvalue weighted by atomic mass is 10.2. The summed E-state index contributed by atoms with van der Waals surface area (Å²) in [7, 11) is -3.69. The number of aromatic nitrogens is 2. The van der Waals surface area contributed by atoms with Gasteiger partial charge in [-0.05, 0) is 42.5 Å². The first-order valence-corrected chi connectivity index (χ1v) is 9.82. The lowest BCUT2D eigenvalue weighted by Crippen LogP contribution is -2.30. The van der Waals surface area contributed by atoms with Gasteiger partial charge in [-0.2, -0.15) is 5.10 Å². The number of nitrogens with zero attached hydrogens (tertiary/aromatic N) is 2. The third-order valence-corrected chi connectivity index (χ3v) is 5.00. The minimum atomic E-state index is -3.69. The maximum absolute atomic E-state index is 13.5. The van der Waals surface area contributed by atoms with E-state index in [4.69, 9.17) is 0 Å². The van der Waals surface area contributed by atoms with Crippen LogP contribution in [0.3, 0.4) is 0 Å². The van der Waals surface area contributed by atoms with Gasteiger partial charge >= 0.3 is 0 Å². The van der Waals surface area contributed by atoms with Gasteiger partial charge in [0.1, 0.15) is 11.6 Å². The van der Waals surface area contributed by atoms with Crippen LogP contribution in [0.5, 0.6) is 0 Å². The fourth-order valence-corrected chi connectivity index (χ4v) is 3.35. The van der Waals surface area contributed by atoms with E-state index in [0.717, 1.165) is 35.9 Å². The third kappa shape index (κ3) is 5.13. The highest BCUT2D eigenvalue weighted by molar-refractivity contribution is 7.92. The second kappa shape index (κ2) is 8.17. The molecule has 3 aromatic rings. The molecule has 2 aromatic heterocycles. The molecule has 0 radical (unpaired) electrons. The summed E-state index contributed by atoms with van der Waals surface area (Å²) in [5.41, 5.74) is 1.02. The highest BCUT2D eigenvalue weighted by Gasteiger charge is 2.11. The first-order valence-electron chi connectivity index (χ1n) is 8.17. The maximum atomic E-state index is 13.5. The largest absolute Gasteiger partial charge is 0.351 e. The summed E-state index contributed by atoms with van der Waals surface area (Å²) >= 11 is 0. The molecule has 0 spiro atoms. The summed E-state index contributed by atoms with van der Waals surface area (Å²) in [4.78, 5) is 11.7. The zero-order valence-electron chi connectivity index (χ0n) is 14.5. The Morgan fingerprint density at radius 3 is 2.82 bits per heavy atom. The average Bonchev–Trinajstić information content (AvgIpc) is 3.09. The smallest absolute Gasteiger partial charge is 0.244 e. The number of nitrogens with one attached hydrogen (secondary N) is 2. The number of halogens is 2.